The minimum Gasteiger partial charge on any atom is -0.467 e. The van der Waals surface area contributed by atoms with E-state index in [-0.39, 0.29) is 5.02 Å². The molecule has 0 bridgehead atoms. The number of hydrogen-bond acceptors (Lipinski definition) is 5. The second kappa shape index (κ2) is 4.33. The highest BCUT2D eigenvalue weighted by Gasteiger charge is 2.35. The molecule has 0 amide bonds. The van der Waals surface area contributed by atoms with Crippen LogP contribution in [0.2, 0.25) is 5.02 Å². The van der Waals surface area contributed by atoms with Gasteiger partial charge in [0.1, 0.15) is 0 Å². The average Bonchev–Trinajstić information content (AvgIpc) is 2.62. The summed E-state index contributed by atoms with van der Waals surface area (Å²) >= 11 is 6.03. The SMILES string of the molecule is COC(=O)C(O)c1cc(Cl)c2c(c1)OC(C)(C)O2. The molecule has 18 heavy (non-hydrogen) atoms. The van der Waals surface area contributed by atoms with E-state index in [9.17, 15) is 9.90 Å². The fourth-order valence-corrected chi connectivity index (χ4v) is 1.96. The van der Waals surface area contributed by atoms with Crippen LogP contribution in [0.1, 0.15) is 25.5 Å². The minimum atomic E-state index is -1.40. The molecule has 0 spiro atoms. The predicted molar refractivity (Wildman–Crippen MR) is 63.8 cm³/mol. The van der Waals surface area contributed by atoms with Crippen LogP contribution in [0.25, 0.3) is 0 Å². The summed E-state index contributed by atoms with van der Waals surface area (Å²) in [6, 6.07) is 2.96. The fraction of sp³-hybridized carbons (Fsp3) is 0.417. The Morgan fingerprint density at radius 3 is 2.72 bits per heavy atom. The molecule has 1 heterocycles. The summed E-state index contributed by atoms with van der Waals surface area (Å²) in [5.74, 6) is -0.780. The smallest absolute Gasteiger partial charge is 0.339 e. The molecule has 0 radical (unpaired) electrons. The first kappa shape index (κ1) is 13.0. The van der Waals surface area contributed by atoms with Crippen molar-refractivity contribution in [1.29, 1.82) is 0 Å². The van der Waals surface area contributed by atoms with Gasteiger partial charge < -0.3 is 19.3 Å². The summed E-state index contributed by atoms with van der Waals surface area (Å²) in [7, 11) is 1.20. The average molecular weight is 273 g/mol. The molecular formula is C12H13ClO5. The number of rotatable bonds is 2. The van der Waals surface area contributed by atoms with E-state index in [0.29, 0.717) is 17.1 Å². The molecule has 2 rings (SSSR count). The van der Waals surface area contributed by atoms with Gasteiger partial charge in [0.25, 0.3) is 0 Å². The molecular weight excluding hydrogens is 260 g/mol. The van der Waals surface area contributed by atoms with Gasteiger partial charge in [0.15, 0.2) is 17.6 Å². The lowest BCUT2D eigenvalue weighted by Crippen LogP contribution is -2.29. The third kappa shape index (κ3) is 2.23. The molecule has 1 aliphatic heterocycles. The predicted octanol–water partition coefficient (Wildman–Crippen LogP) is 2.05. The number of methoxy groups -OCH3 is 1. The summed E-state index contributed by atoms with van der Waals surface area (Å²) < 4.78 is 15.5. The molecule has 1 aromatic carbocycles. The zero-order valence-electron chi connectivity index (χ0n) is 10.2. The van der Waals surface area contributed by atoms with E-state index in [1.807, 2.05) is 0 Å². The normalized spacial score (nSPS) is 17.4. The van der Waals surface area contributed by atoms with Crippen molar-refractivity contribution in [2.24, 2.45) is 0 Å². The van der Waals surface area contributed by atoms with Crippen LogP contribution < -0.4 is 9.47 Å². The van der Waals surface area contributed by atoms with E-state index in [0.717, 1.165) is 0 Å². The number of aliphatic hydroxyl groups excluding tert-OH is 1. The molecule has 6 heteroatoms. The monoisotopic (exact) mass is 272 g/mol. The van der Waals surface area contributed by atoms with Gasteiger partial charge in [0, 0.05) is 13.8 Å². The highest BCUT2D eigenvalue weighted by Crippen LogP contribution is 2.45. The summed E-state index contributed by atoms with van der Waals surface area (Å²) in [5, 5.41) is 10.0. The van der Waals surface area contributed by atoms with Gasteiger partial charge in [-0.05, 0) is 17.7 Å². The van der Waals surface area contributed by atoms with Crippen LogP contribution in [-0.2, 0) is 9.53 Å². The van der Waals surface area contributed by atoms with E-state index in [1.165, 1.54) is 19.2 Å². The van der Waals surface area contributed by atoms with Crippen LogP contribution in [0, 0.1) is 0 Å². The number of benzene rings is 1. The minimum absolute atomic E-state index is 0.274. The first-order valence-corrected chi connectivity index (χ1v) is 5.69. The van der Waals surface area contributed by atoms with Gasteiger partial charge in [-0.15, -0.1) is 0 Å². The largest absolute Gasteiger partial charge is 0.467 e. The van der Waals surface area contributed by atoms with Gasteiger partial charge >= 0.3 is 5.97 Å². The van der Waals surface area contributed by atoms with Crippen LogP contribution in [0.15, 0.2) is 12.1 Å². The molecule has 1 N–H and O–H groups in total. The zero-order valence-corrected chi connectivity index (χ0v) is 10.9. The van der Waals surface area contributed by atoms with Crippen molar-refractivity contribution in [3.05, 3.63) is 22.7 Å². The van der Waals surface area contributed by atoms with Gasteiger partial charge in [-0.2, -0.15) is 0 Å². The van der Waals surface area contributed by atoms with Crippen LogP contribution >= 0.6 is 11.6 Å². The Bertz CT molecular complexity index is 497. The van der Waals surface area contributed by atoms with Gasteiger partial charge in [-0.3, -0.25) is 0 Å². The van der Waals surface area contributed by atoms with Crippen molar-refractivity contribution in [3.8, 4) is 11.5 Å². The molecule has 1 aliphatic rings. The molecule has 1 unspecified atom stereocenters. The van der Waals surface area contributed by atoms with Crippen molar-refractivity contribution in [3.63, 3.8) is 0 Å². The molecule has 0 aromatic heterocycles. The number of halogens is 1. The molecule has 0 saturated heterocycles. The highest BCUT2D eigenvalue weighted by molar-refractivity contribution is 6.32. The summed E-state index contributed by atoms with van der Waals surface area (Å²) in [4.78, 5) is 11.3. The molecule has 0 fully saturated rings. The number of ether oxygens (including phenoxy) is 3. The number of hydrogen-bond donors (Lipinski definition) is 1. The van der Waals surface area contributed by atoms with Crippen molar-refractivity contribution in [2.45, 2.75) is 25.7 Å². The maximum atomic E-state index is 11.3. The Hall–Kier alpha value is -1.46. The fourth-order valence-electron chi connectivity index (χ4n) is 1.70. The summed E-state index contributed by atoms with van der Waals surface area (Å²) in [6.07, 6.45) is -1.40. The van der Waals surface area contributed by atoms with E-state index in [2.05, 4.69) is 4.74 Å². The molecule has 98 valence electrons. The number of esters is 1. The van der Waals surface area contributed by atoms with Crippen LogP contribution in [0.4, 0.5) is 0 Å². The lowest BCUT2D eigenvalue weighted by molar-refractivity contribution is -0.150. The van der Waals surface area contributed by atoms with E-state index >= 15 is 0 Å². The van der Waals surface area contributed by atoms with E-state index in [4.69, 9.17) is 21.1 Å². The van der Waals surface area contributed by atoms with Gasteiger partial charge in [0.2, 0.25) is 5.79 Å². The summed E-state index contributed by atoms with van der Waals surface area (Å²) in [5.41, 5.74) is 0.298. The summed E-state index contributed by atoms with van der Waals surface area (Å²) in [6.45, 7) is 3.47. The van der Waals surface area contributed by atoms with Crippen molar-refractivity contribution in [2.75, 3.05) is 7.11 Å². The first-order valence-electron chi connectivity index (χ1n) is 5.31. The second-order valence-electron chi connectivity index (χ2n) is 4.36. The van der Waals surface area contributed by atoms with Crippen molar-refractivity contribution in [1.82, 2.24) is 0 Å². The topological polar surface area (TPSA) is 65.0 Å². The number of fused-ring (bicyclic) bond motifs is 1. The van der Waals surface area contributed by atoms with Crippen LogP contribution in [-0.4, -0.2) is 24.0 Å². The van der Waals surface area contributed by atoms with E-state index in [1.54, 1.807) is 13.8 Å². The third-order valence-corrected chi connectivity index (χ3v) is 2.76. The van der Waals surface area contributed by atoms with Gasteiger partial charge in [0.05, 0.1) is 12.1 Å². The highest BCUT2D eigenvalue weighted by atomic mass is 35.5. The molecule has 0 aliphatic carbocycles. The van der Waals surface area contributed by atoms with Gasteiger partial charge in [-0.25, -0.2) is 4.79 Å². The number of aliphatic hydroxyl groups is 1. The molecule has 5 nitrogen and oxygen atoms in total. The zero-order chi connectivity index (χ0) is 13.5. The van der Waals surface area contributed by atoms with Crippen molar-refractivity contribution < 1.29 is 24.1 Å². The maximum absolute atomic E-state index is 11.3. The van der Waals surface area contributed by atoms with E-state index < -0.39 is 17.9 Å². The third-order valence-electron chi connectivity index (χ3n) is 2.48. The number of carbonyl (C=O) groups is 1. The van der Waals surface area contributed by atoms with Crippen LogP contribution in [0.3, 0.4) is 0 Å². The lowest BCUT2D eigenvalue weighted by Gasteiger charge is -2.16. The van der Waals surface area contributed by atoms with Gasteiger partial charge in [-0.1, -0.05) is 11.6 Å². The van der Waals surface area contributed by atoms with Crippen LogP contribution in [0.5, 0.6) is 11.5 Å². The first-order chi connectivity index (χ1) is 8.34. The Morgan fingerprint density at radius 2 is 2.11 bits per heavy atom. The Labute approximate surface area is 109 Å². The molecule has 0 saturated carbocycles. The quantitative estimate of drug-likeness (QED) is 0.835. The molecule has 1 atom stereocenters. The Balaban J connectivity index is 2.39. The molecule has 1 aromatic rings. The standard InChI is InChI=1S/C12H13ClO5/c1-12(2)17-8-5-6(9(14)11(15)16-3)4-7(13)10(8)18-12/h4-5,9,14H,1-3H3. The Morgan fingerprint density at radius 1 is 1.44 bits per heavy atom. The van der Waals surface area contributed by atoms with Crippen molar-refractivity contribution >= 4 is 17.6 Å². The lowest BCUT2D eigenvalue weighted by atomic mass is 10.1. The number of carbonyl (C=O) groups excluding carboxylic acids is 1. The second-order valence-corrected chi connectivity index (χ2v) is 4.77. The maximum Gasteiger partial charge on any atom is 0.339 e. The Kier molecular flexibility index (Phi) is 3.12.